The first-order chi connectivity index (χ1) is 8.16. The number of aromatic nitrogens is 1. The number of anilines is 1. The summed E-state index contributed by atoms with van der Waals surface area (Å²) in [6, 6.07) is 3.28. The standard InChI is InChI=1S/C12H16N2O3/c1-8-2-3-10(12(15)16)11(14-8)13-6-9-4-5-17-7-9/h2-3,9H,4-7H2,1H3,(H,13,14)(H,15,16). The molecule has 92 valence electrons. The number of aryl methyl sites for hydroxylation is 1. The first-order valence-electron chi connectivity index (χ1n) is 5.69. The molecule has 1 unspecified atom stereocenters. The van der Waals surface area contributed by atoms with Crippen molar-refractivity contribution in [3.8, 4) is 0 Å². The third kappa shape index (κ3) is 2.94. The number of nitrogens with zero attached hydrogens (tertiary/aromatic N) is 1. The molecule has 1 atom stereocenters. The summed E-state index contributed by atoms with van der Waals surface area (Å²) in [6.45, 7) is 4.08. The van der Waals surface area contributed by atoms with Crippen LogP contribution >= 0.6 is 0 Å². The van der Waals surface area contributed by atoms with Crippen molar-refractivity contribution in [2.24, 2.45) is 5.92 Å². The average molecular weight is 236 g/mol. The Morgan fingerprint density at radius 3 is 3.12 bits per heavy atom. The molecular weight excluding hydrogens is 220 g/mol. The van der Waals surface area contributed by atoms with E-state index in [2.05, 4.69) is 10.3 Å². The normalized spacial score (nSPS) is 19.2. The summed E-state index contributed by atoms with van der Waals surface area (Å²) in [5.41, 5.74) is 1.02. The van der Waals surface area contributed by atoms with Crippen LogP contribution in [0.1, 0.15) is 22.5 Å². The number of carboxylic acid groups (broad SMARTS) is 1. The summed E-state index contributed by atoms with van der Waals surface area (Å²) < 4.78 is 5.27. The number of carbonyl (C=O) groups is 1. The molecule has 5 nitrogen and oxygen atoms in total. The van der Waals surface area contributed by atoms with E-state index in [1.165, 1.54) is 0 Å². The number of rotatable bonds is 4. The van der Waals surface area contributed by atoms with Crippen molar-refractivity contribution in [1.82, 2.24) is 4.98 Å². The molecule has 0 bridgehead atoms. The van der Waals surface area contributed by atoms with E-state index in [9.17, 15) is 4.79 Å². The summed E-state index contributed by atoms with van der Waals surface area (Å²) in [4.78, 5) is 15.2. The van der Waals surface area contributed by atoms with Crippen molar-refractivity contribution in [3.63, 3.8) is 0 Å². The lowest BCUT2D eigenvalue weighted by molar-refractivity contribution is 0.0697. The van der Waals surface area contributed by atoms with Gasteiger partial charge in [0.05, 0.1) is 6.61 Å². The lowest BCUT2D eigenvalue weighted by Crippen LogP contribution is -2.17. The molecule has 2 heterocycles. The zero-order valence-corrected chi connectivity index (χ0v) is 9.77. The number of carboxylic acids is 1. The molecule has 1 aliphatic heterocycles. The second-order valence-corrected chi connectivity index (χ2v) is 4.26. The number of ether oxygens (including phenoxy) is 1. The second-order valence-electron chi connectivity index (χ2n) is 4.26. The predicted octanol–water partition coefficient (Wildman–Crippen LogP) is 1.54. The van der Waals surface area contributed by atoms with Crippen molar-refractivity contribution in [2.75, 3.05) is 25.1 Å². The van der Waals surface area contributed by atoms with Crippen LogP contribution in [-0.2, 0) is 4.74 Å². The van der Waals surface area contributed by atoms with Crippen molar-refractivity contribution in [2.45, 2.75) is 13.3 Å². The van der Waals surface area contributed by atoms with E-state index in [-0.39, 0.29) is 5.56 Å². The molecule has 0 aliphatic carbocycles. The highest BCUT2D eigenvalue weighted by Crippen LogP contribution is 2.17. The van der Waals surface area contributed by atoms with Crippen LogP contribution in [0, 0.1) is 12.8 Å². The Hall–Kier alpha value is -1.62. The van der Waals surface area contributed by atoms with Gasteiger partial charge in [0.25, 0.3) is 0 Å². The minimum atomic E-state index is -0.956. The van der Waals surface area contributed by atoms with Gasteiger partial charge in [-0.15, -0.1) is 0 Å². The summed E-state index contributed by atoms with van der Waals surface area (Å²) in [6.07, 6.45) is 1.02. The van der Waals surface area contributed by atoms with E-state index in [1.54, 1.807) is 12.1 Å². The lowest BCUT2D eigenvalue weighted by Gasteiger charge is -2.12. The minimum absolute atomic E-state index is 0.217. The van der Waals surface area contributed by atoms with Crippen LogP contribution in [0.15, 0.2) is 12.1 Å². The fourth-order valence-electron chi connectivity index (χ4n) is 1.85. The quantitative estimate of drug-likeness (QED) is 0.829. The molecule has 1 fully saturated rings. The van der Waals surface area contributed by atoms with Crippen molar-refractivity contribution >= 4 is 11.8 Å². The van der Waals surface area contributed by atoms with Crippen LogP contribution in [0.3, 0.4) is 0 Å². The average Bonchev–Trinajstić information content (AvgIpc) is 2.78. The van der Waals surface area contributed by atoms with E-state index < -0.39 is 5.97 Å². The van der Waals surface area contributed by atoms with Crippen molar-refractivity contribution in [1.29, 1.82) is 0 Å². The molecule has 0 radical (unpaired) electrons. The van der Waals surface area contributed by atoms with Gasteiger partial charge in [-0.2, -0.15) is 0 Å². The number of nitrogens with one attached hydrogen (secondary N) is 1. The van der Waals surface area contributed by atoms with Gasteiger partial charge in [0.2, 0.25) is 0 Å². The van der Waals surface area contributed by atoms with Gasteiger partial charge < -0.3 is 15.2 Å². The van der Waals surface area contributed by atoms with Crippen LogP contribution < -0.4 is 5.32 Å². The number of aromatic carboxylic acids is 1. The lowest BCUT2D eigenvalue weighted by atomic mass is 10.1. The van der Waals surface area contributed by atoms with Gasteiger partial charge in [-0.3, -0.25) is 0 Å². The highest BCUT2D eigenvalue weighted by molar-refractivity contribution is 5.93. The minimum Gasteiger partial charge on any atom is -0.478 e. The molecule has 2 N–H and O–H groups in total. The number of hydrogen-bond donors (Lipinski definition) is 2. The van der Waals surface area contributed by atoms with Gasteiger partial charge in [0.15, 0.2) is 0 Å². The maximum Gasteiger partial charge on any atom is 0.339 e. The van der Waals surface area contributed by atoms with Crippen LogP contribution in [0.5, 0.6) is 0 Å². The smallest absolute Gasteiger partial charge is 0.339 e. The van der Waals surface area contributed by atoms with E-state index >= 15 is 0 Å². The molecule has 1 saturated heterocycles. The molecule has 1 aromatic rings. The maximum atomic E-state index is 11.0. The molecule has 1 aliphatic rings. The monoisotopic (exact) mass is 236 g/mol. The van der Waals surface area contributed by atoms with Gasteiger partial charge in [-0.05, 0) is 25.5 Å². The summed E-state index contributed by atoms with van der Waals surface area (Å²) >= 11 is 0. The van der Waals surface area contributed by atoms with Crippen LogP contribution in [-0.4, -0.2) is 35.8 Å². The first-order valence-corrected chi connectivity index (χ1v) is 5.69. The Labute approximate surface area is 99.8 Å². The zero-order chi connectivity index (χ0) is 12.3. The number of pyridine rings is 1. The predicted molar refractivity (Wildman–Crippen MR) is 63.3 cm³/mol. The topological polar surface area (TPSA) is 71.5 Å². The zero-order valence-electron chi connectivity index (χ0n) is 9.77. The molecule has 1 aromatic heterocycles. The summed E-state index contributed by atoms with van der Waals surface area (Å²) in [5, 5.41) is 12.1. The van der Waals surface area contributed by atoms with Crippen molar-refractivity contribution in [3.05, 3.63) is 23.4 Å². The maximum absolute atomic E-state index is 11.0. The van der Waals surface area contributed by atoms with Gasteiger partial charge >= 0.3 is 5.97 Å². The molecular formula is C12H16N2O3. The van der Waals surface area contributed by atoms with Gasteiger partial charge in [0.1, 0.15) is 11.4 Å². The second kappa shape index (κ2) is 5.14. The van der Waals surface area contributed by atoms with Crippen LogP contribution in [0.2, 0.25) is 0 Å². The Morgan fingerprint density at radius 1 is 1.65 bits per heavy atom. The van der Waals surface area contributed by atoms with E-state index in [1.807, 2.05) is 6.92 Å². The fraction of sp³-hybridized carbons (Fsp3) is 0.500. The van der Waals surface area contributed by atoms with E-state index in [0.717, 1.165) is 25.3 Å². The molecule has 2 rings (SSSR count). The molecule has 17 heavy (non-hydrogen) atoms. The Bertz CT molecular complexity index is 414. The Balaban J connectivity index is 2.07. The Morgan fingerprint density at radius 2 is 2.47 bits per heavy atom. The van der Waals surface area contributed by atoms with E-state index in [0.29, 0.717) is 18.3 Å². The van der Waals surface area contributed by atoms with E-state index in [4.69, 9.17) is 9.84 Å². The highest BCUT2D eigenvalue weighted by Gasteiger charge is 2.17. The molecule has 0 saturated carbocycles. The van der Waals surface area contributed by atoms with Gasteiger partial charge in [-0.25, -0.2) is 9.78 Å². The molecule has 0 amide bonds. The van der Waals surface area contributed by atoms with Crippen molar-refractivity contribution < 1.29 is 14.6 Å². The molecule has 0 spiro atoms. The highest BCUT2D eigenvalue weighted by atomic mass is 16.5. The number of hydrogen-bond acceptors (Lipinski definition) is 4. The first kappa shape index (κ1) is 11.9. The molecule has 5 heteroatoms. The third-order valence-electron chi connectivity index (χ3n) is 2.85. The van der Waals surface area contributed by atoms with Crippen LogP contribution in [0.25, 0.3) is 0 Å². The van der Waals surface area contributed by atoms with Crippen LogP contribution in [0.4, 0.5) is 5.82 Å². The summed E-state index contributed by atoms with van der Waals surface area (Å²) in [7, 11) is 0. The SMILES string of the molecule is Cc1ccc(C(=O)O)c(NCC2CCOC2)n1. The van der Waals surface area contributed by atoms with Gasteiger partial charge in [-0.1, -0.05) is 0 Å². The fourth-order valence-corrected chi connectivity index (χ4v) is 1.85. The Kier molecular flexibility index (Phi) is 3.58. The third-order valence-corrected chi connectivity index (χ3v) is 2.85. The van der Waals surface area contributed by atoms with Gasteiger partial charge in [0, 0.05) is 24.8 Å². The molecule has 0 aromatic carbocycles. The summed E-state index contributed by atoms with van der Waals surface area (Å²) in [5.74, 6) is -0.0639. The largest absolute Gasteiger partial charge is 0.478 e.